The summed E-state index contributed by atoms with van der Waals surface area (Å²) in [5.74, 6) is -0.757. The number of carboxylic acids is 1. The summed E-state index contributed by atoms with van der Waals surface area (Å²) in [6, 6.07) is 0. The van der Waals surface area contributed by atoms with E-state index in [-0.39, 0.29) is 11.8 Å². The zero-order valence-corrected chi connectivity index (χ0v) is 13.2. The van der Waals surface area contributed by atoms with Crippen LogP contribution in [0, 0.1) is 5.41 Å². The summed E-state index contributed by atoms with van der Waals surface area (Å²) in [7, 11) is 0. The number of carboxylic acid groups (broad SMARTS) is 1. The Balaban J connectivity index is 1.45. The number of carbonyl (C=O) groups is 1. The first kappa shape index (κ1) is 16.1. The molecule has 0 saturated carbocycles. The van der Waals surface area contributed by atoms with Crippen LogP contribution in [0.3, 0.4) is 0 Å². The number of nitrogens with one attached hydrogen (secondary N) is 1. The fourth-order valence-electron chi connectivity index (χ4n) is 3.32. The number of hydrogen-bond donors (Lipinski definition) is 2. The predicted octanol–water partition coefficient (Wildman–Crippen LogP) is 1.95. The van der Waals surface area contributed by atoms with E-state index in [1.165, 1.54) is 18.8 Å². The Morgan fingerprint density at radius 1 is 1.30 bits per heavy atom. The second kappa shape index (κ2) is 7.23. The zero-order valence-electron chi connectivity index (χ0n) is 13.2. The number of aromatic nitrogens is 2. The van der Waals surface area contributed by atoms with E-state index in [1.807, 2.05) is 0 Å². The van der Waals surface area contributed by atoms with Crippen molar-refractivity contribution < 1.29 is 19.4 Å². The summed E-state index contributed by atoms with van der Waals surface area (Å²) < 4.78 is 11.5. The van der Waals surface area contributed by atoms with E-state index >= 15 is 0 Å². The van der Waals surface area contributed by atoms with Crippen molar-refractivity contribution in [2.24, 2.45) is 5.41 Å². The molecule has 2 N–H and O–H groups in total. The SMILES string of the molecule is O=C(O)c1nccnc1NCCC1CCC2(CCOCC2)CO1. The highest BCUT2D eigenvalue weighted by molar-refractivity contribution is 5.90. The van der Waals surface area contributed by atoms with Gasteiger partial charge in [-0.05, 0) is 37.5 Å². The molecule has 1 atom stereocenters. The Morgan fingerprint density at radius 2 is 2.09 bits per heavy atom. The molecule has 1 unspecified atom stereocenters. The van der Waals surface area contributed by atoms with Crippen LogP contribution in [0.5, 0.6) is 0 Å². The van der Waals surface area contributed by atoms with Crippen molar-refractivity contribution >= 4 is 11.8 Å². The van der Waals surface area contributed by atoms with Gasteiger partial charge < -0.3 is 19.9 Å². The predicted molar refractivity (Wildman–Crippen MR) is 83.6 cm³/mol. The van der Waals surface area contributed by atoms with Crippen LogP contribution in [0.25, 0.3) is 0 Å². The normalized spacial score (nSPS) is 23.6. The van der Waals surface area contributed by atoms with Crippen molar-refractivity contribution in [1.82, 2.24) is 9.97 Å². The quantitative estimate of drug-likeness (QED) is 0.856. The summed E-state index contributed by atoms with van der Waals surface area (Å²) >= 11 is 0. The smallest absolute Gasteiger partial charge is 0.358 e. The first-order valence-electron chi connectivity index (χ1n) is 8.16. The molecule has 2 fully saturated rings. The number of nitrogens with zero attached hydrogens (tertiary/aromatic N) is 2. The molecule has 7 nitrogen and oxygen atoms in total. The highest BCUT2D eigenvalue weighted by Crippen LogP contribution is 2.40. The molecule has 0 bridgehead atoms. The molecule has 3 rings (SSSR count). The minimum absolute atomic E-state index is 0.0433. The summed E-state index contributed by atoms with van der Waals surface area (Å²) in [5.41, 5.74) is 0.280. The van der Waals surface area contributed by atoms with Crippen LogP contribution in [0.2, 0.25) is 0 Å². The topological polar surface area (TPSA) is 93.6 Å². The van der Waals surface area contributed by atoms with Crippen molar-refractivity contribution in [2.45, 2.75) is 38.2 Å². The lowest BCUT2D eigenvalue weighted by Gasteiger charge is -2.42. The molecule has 0 aliphatic carbocycles. The molecule has 1 spiro atoms. The Morgan fingerprint density at radius 3 is 2.78 bits per heavy atom. The molecule has 2 aliphatic heterocycles. The summed E-state index contributed by atoms with van der Waals surface area (Å²) in [5, 5.41) is 12.1. The third kappa shape index (κ3) is 3.97. The van der Waals surface area contributed by atoms with E-state index in [0.717, 1.165) is 45.5 Å². The van der Waals surface area contributed by atoms with Gasteiger partial charge in [0.05, 0.1) is 12.7 Å². The van der Waals surface area contributed by atoms with Crippen LogP contribution < -0.4 is 5.32 Å². The number of aromatic carboxylic acids is 1. The van der Waals surface area contributed by atoms with E-state index in [9.17, 15) is 4.79 Å². The summed E-state index contributed by atoms with van der Waals surface area (Å²) in [4.78, 5) is 19.0. The van der Waals surface area contributed by atoms with Crippen LogP contribution in [-0.4, -0.2) is 53.5 Å². The molecule has 1 aromatic heterocycles. The third-order valence-corrected chi connectivity index (χ3v) is 4.83. The molecule has 7 heteroatoms. The molecule has 2 aliphatic rings. The number of ether oxygens (including phenoxy) is 2. The highest BCUT2D eigenvalue weighted by Gasteiger charge is 2.37. The number of rotatable bonds is 5. The third-order valence-electron chi connectivity index (χ3n) is 4.83. The van der Waals surface area contributed by atoms with Gasteiger partial charge in [-0.3, -0.25) is 0 Å². The Kier molecular flexibility index (Phi) is 5.07. The Hall–Kier alpha value is -1.73. The van der Waals surface area contributed by atoms with E-state index in [4.69, 9.17) is 14.6 Å². The summed E-state index contributed by atoms with van der Waals surface area (Å²) in [6.45, 7) is 3.13. The standard InChI is InChI=1S/C16H23N3O4/c20-15(21)13-14(19-8-7-17-13)18-6-2-12-1-3-16(11-23-12)4-9-22-10-5-16/h7-8,12H,1-6,9-11H2,(H,18,19)(H,20,21). The van der Waals surface area contributed by atoms with Crippen molar-refractivity contribution in [3.05, 3.63) is 18.1 Å². The monoisotopic (exact) mass is 321 g/mol. The maximum absolute atomic E-state index is 11.1. The van der Waals surface area contributed by atoms with Crippen LogP contribution in [-0.2, 0) is 9.47 Å². The van der Waals surface area contributed by atoms with Crippen molar-refractivity contribution in [3.63, 3.8) is 0 Å². The molecule has 3 heterocycles. The maximum Gasteiger partial charge on any atom is 0.358 e. The maximum atomic E-state index is 11.1. The van der Waals surface area contributed by atoms with Gasteiger partial charge >= 0.3 is 5.97 Å². The molecule has 1 aromatic rings. The fourth-order valence-corrected chi connectivity index (χ4v) is 3.32. The minimum atomic E-state index is -1.07. The zero-order chi connectivity index (χ0) is 16.1. The van der Waals surface area contributed by atoms with E-state index in [2.05, 4.69) is 15.3 Å². The van der Waals surface area contributed by atoms with Gasteiger partial charge in [-0.2, -0.15) is 0 Å². The molecule has 126 valence electrons. The van der Waals surface area contributed by atoms with E-state index in [0.29, 0.717) is 17.8 Å². The lowest BCUT2D eigenvalue weighted by Crippen LogP contribution is -2.40. The van der Waals surface area contributed by atoms with Crippen LogP contribution in [0.4, 0.5) is 5.82 Å². The van der Waals surface area contributed by atoms with Gasteiger partial charge in [0.1, 0.15) is 0 Å². The number of anilines is 1. The number of hydrogen-bond acceptors (Lipinski definition) is 6. The Bertz CT molecular complexity index is 536. The average molecular weight is 321 g/mol. The van der Waals surface area contributed by atoms with Gasteiger partial charge in [0, 0.05) is 32.2 Å². The van der Waals surface area contributed by atoms with Gasteiger partial charge in [-0.25, -0.2) is 14.8 Å². The van der Waals surface area contributed by atoms with Crippen LogP contribution in [0.15, 0.2) is 12.4 Å². The van der Waals surface area contributed by atoms with E-state index < -0.39 is 5.97 Å². The lowest BCUT2D eigenvalue weighted by atomic mass is 9.75. The largest absolute Gasteiger partial charge is 0.476 e. The van der Waals surface area contributed by atoms with E-state index in [1.54, 1.807) is 0 Å². The van der Waals surface area contributed by atoms with Gasteiger partial charge in [0.15, 0.2) is 11.5 Å². The lowest BCUT2D eigenvalue weighted by molar-refractivity contribution is -0.105. The second-order valence-corrected chi connectivity index (χ2v) is 6.36. The molecular formula is C16H23N3O4. The first-order valence-corrected chi connectivity index (χ1v) is 8.16. The van der Waals surface area contributed by atoms with Gasteiger partial charge in [0.2, 0.25) is 0 Å². The molecule has 0 radical (unpaired) electrons. The fraction of sp³-hybridized carbons (Fsp3) is 0.688. The summed E-state index contributed by atoms with van der Waals surface area (Å²) in [6.07, 6.45) is 8.36. The van der Waals surface area contributed by atoms with Crippen molar-refractivity contribution in [1.29, 1.82) is 0 Å². The Labute approximate surface area is 135 Å². The van der Waals surface area contributed by atoms with Gasteiger partial charge in [-0.1, -0.05) is 0 Å². The van der Waals surface area contributed by atoms with Crippen LogP contribution in [0.1, 0.15) is 42.6 Å². The van der Waals surface area contributed by atoms with Crippen molar-refractivity contribution in [2.75, 3.05) is 31.7 Å². The molecule has 0 amide bonds. The van der Waals surface area contributed by atoms with Gasteiger partial charge in [0.25, 0.3) is 0 Å². The molecular weight excluding hydrogens is 298 g/mol. The van der Waals surface area contributed by atoms with Crippen LogP contribution >= 0.6 is 0 Å². The minimum Gasteiger partial charge on any atom is -0.476 e. The highest BCUT2D eigenvalue weighted by atomic mass is 16.5. The molecule has 23 heavy (non-hydrogen) atoms. The van der Waals surface area contributed by atoms with Gasteiger partial charge in [-0.15, -0.1) is 0 Å². The second-order valence-electron chi connectivity index (χ2n) is 6.36. The molecule has 2 saturated heterocycles. The van der Waals surface area contributed by atoms with Crippen molar-refractivity contribution in [3.8, 4) is 0 Å². The average Bonchev–Trinajstić information content (AvgIpc) is 2.58. The molecule has 0 aromatic carbocycles. The first-order chi connectivity index (χ1) is 11.2.